The van der Waals surface area contributed by atoms with Gasteiger partial charge < -0.3 is 9.64 Å². The van der Waals surface area contributed by atoms with Crippen LogP contribution in [0.2, 0.25) is 5.02 Å². The predicted molar refractivity (Wildman–Crippen MR) is 112 cm³/mol. The summed E-state index contributed by atoms with van der Waals surface area (Å²) in [4.78, 5) is 15.0. The van der Waals surface area contributed by atoms with Gasteiger partial charge in [-0.3, -0.25) is 4.79 Å². The predicted octanol–water partition coefficient (Wildman–Crippen LogP) is 4.42. The lowest BCUT2D eigenvalue weighted by Gasteiger charge is -2.29. The lowest BCUT2D eigenvalue weighted by atomic mass is 9.96. The number of rotatable bonds is 3. The summed E-state index contributed by atoms with van der Waals surface area (Å²) >= 11 is 6.70. The minimum absolute atomic E-state index is 0.0272. The summed E-state index contributed by atoms with van der Waals surface area (Å²) in [5, 5.41) is 4.82. The Balaban J connectivity index is 1.48. The number of amides is 1. The highest BCUT2D eigenvalue weighted by molar-refractivity contribution is 6.33. The van der Waals surface area contributed by atoms with E-state index < -0.39 is 0 Å². The smallest absolute Gasteiger partial charge is 0.257 e. The first-order valence-corrected chi connectivity index (χ1v) is 10.3. The first-order valence-electron chi connectivity index (χ1n) is 9.97. The van der Waals surface area contributed by atoms with E-state index >= 15 is 0 Å². The number of halogens is 1. The van der Waals surface area contributed by atoms with E-state index in [0.717, 1.165) is 41.8 Å². The molecule has 2 bridgehead atoms. The standard InChI is InChI=1S/C23H22ClN3O2/c1-15-17(12-16-5-7-18(8-6-16)27-11-3-9-25-27)13-20-22(21(15)24)29-19-4-2-10-26(14-19)23(20)28/h3,5-9,11,13,19H,2,4,10,12,14H2,1H3/t19-/m0/s1. The summed E-state index contributed by atoms with van der Waals surface area (Å²) in [5.74, 6) is 0.584. The fourth-order valence-corrected chi connectivity index (χ4v) is 4.47. The Morgan fingerprint density at radius 2 is 2.10 bits per heavy atom. The van der Waals surface area contributed by atoms with Gasteiger partial charge in [0.05, 0.1) is 22.8 Å². The maximum absolute atomic E-state index is 13.1. The molecule has 1 saturated heterocycles. The molecule has 0 radical (unpaired) electrons. The molecular weight excluding hydrogens is 386 g/mol. The van der Waals surface area contributed by atoms with Crippen LogP contribution in [0.1, 0.15) is 39.9 Å². The van der Waals surface area contributed by atoms with Crippen LogP contribution in [0, 0.1) is 6.92 Å². The van der Waals surface area contributed by atoms with Crippen molar-refractivity contribution >= 4 is 17.5 Å². The van der Waals surface area contributed by atoms with Crippen LogP contribution >= 0.6 is 11.6 Å². The van der Waals surface area contributed by atoms with Gasteiger partial charge in [0.15, 0.2) is 5.75 Å². The van der Waals surface area contributed by atoms with Gasteiger partial charge in [-0.05, 0) is 67.1 Å². The molecule has 1 fully saturated rings. The molecule has 0 unspecified atom stereocenters. The van der Waals surface area contributed by atoms with Crippen molar-refractivity contribution in [3.63, 3.8) is 0 Å². The Bertz CT molecular complexity index is 1060. The molecule has 2 aromatic carbocycles. The summed E-state index contributed by atoms with van der Waals surface area (Å²) in [6.45, 7) is 3.43. The van der Waals surface area contributed by atoms with Gasteiger partial charge in [0, 0.05) is 18.9 Å². The first kappa shape index (κ1) is 18.3. The quantitative estimate of drug-likeness (QED) is 0.645. The number of hydrogen-bond donors (Lipinski definition) is 0. The highest BCUT2D eigenvalue weighted by atomic mass is 35.5. The summed E-state index contributed by atoms with van der Waals surface area (Å²) < 4.78 is 8.00. The molecular formula is C23H22ClN3O2. The zero-order valence-corrected chi connectivity index (χ0v) is 17.0. The van der Waals surface area contributed by atoms with Gasteiger partial charge >= 0.3 is 0 Å². The van der Waals surface area contributed by atoms with Crippen LogP contribution in [0.3, 0.4) is 0 Å². The van der Waals surface area contributed by atoms with E-state index in [4.69, 9.17) is 16.3 Å². The van der Waals surface area contributed by atoms with E-state index in [0.29, 0.717) is 29.3 Å². The molecule has 148 valence electrons. The molecule has 0 aliphatic carbocycles. The third-order valence-corrected chi connectivity index (χ3v) is 6.31. The maximum atomic E-state index is 13.1. The molecule has 2 aliphatic heterocycles. The zero-order chi connectivity index (χ0) is 20.0. The van der Waals surface area contributed by atoms with E-state index in [2.05, 4.69) is 17.2 Å². The Morgan fingerprint density at radius 3 is 2.86 bits per heavy atom. The number of carbonyl (C=O) groups is 1. The van der Waals surface area contributed by atoms with E-state index in [1.165, 1.54) is 0 Å². The molecule has 0 spiro atoms. The van der Waals surface area contributed by atoms with Crippen LogP contribution < -0.4 is 4.74 Å². The average molecular weight is 408 g/mol. The second-order valence-electron chi connectivity index (χ2n) is 7.78. The topological polar surface area (TPSA) is 47.4 Å². The van der Waals surface area contributed by atoms with Crippen molar-refractivity contribution in [3.8, 4) is 11.4 Å². The second-order valence-corrected chi connectivity index (χ2v) is 8.16. The fraction of sp³-hybridized carbons (Fsp3) is 0.304. The third kappa shape index (κ3) is 3.29. The highest BCUT2D eigenvalue weighted by Crippen LogP contribution is 2.39. The van der Waals surface area contributed by atoms with Gasteiger partial charge in [0.1, 0.15) is 6.10 Å². The van der Waals surface area contributed by atoms with Gasteiger partial charge in [-0.1, -0.05) is 23.7 Å². The lowest BCUT2D eigenvalue weighted by molar-refractivity contribution is 0.0613. The van der Waals surface area contributed by atoms with E-state index in [1.54, 1.807) is 6.20 Å². The number of fused-ring (bicyclic) bond motifs is 3. The number of ether oxygens (including phenoxy) is 1. The molecule has 5 rings (SSSR count). The summed E-state index contributed by atoms with van der Waals surface area (Å²) in [7, 11) is 0. The molecule has 1 amide bonds. The highest BCUT2D eigenvalue weighted by Gasteiger charge is 2.34. The Hall–Kier alpha value is -2.79. The van der Waals surface area contributed by atoms with Crippen molar-refractivity contribution in [2.75, 3.05) is 13.1 Å². The first-order chi connectivity index (χ1) is 14.1. The van der Waals surface area contributed by atoms with Crippen molar-refractivity contribution in [2.45, 2.75) is 32.3 Å². The van der Waals surface area contributed by atoms with Crippen LogP contribution in [0.25, 0.3) is 5.69 Å². The molecule has 29 heavy (non-hydrogen) atoms. The number of piperidine rings is 1. The average Bonchev–Trinajstić information content (AvgIpc) is 3.26. The van der Waals surface area contributed by atoms with Gasteiger partial charge in [-0.2, -0.15) is 5.10 Å². The number of carbonyl (C=O) groups excluding carboxylic acids is 1. The van der Waals surface area contributed by atoms with Crippen LogP contribution in [-0.4, -0.2) is 39.8 Å². The normalized spacial score (nSPS) is 18.2. The van der Waals surface area contributed by atoms with Crippen LogP contribution in [0.5, 0.6) is 5.75 Å². The van der Waals surface area contributed by atoms with E-state index in [1.807, 2.05) is 47.0 Å². The van der Waals surface area contributed by atoms with E-state index in [-0.39, 0.29) is 12.0 Å². The second kappa shape index (κ2) is 7.23. The number of nitrogens with zero attached hydrogens (tertiary/aromatic N) is 3. The summed E-state index contributed by atoms with van der Waals surface area (Å²) in [5.41, 5.74) is 4.78. The maximum Gasteiger partial charge on any atom is 0.257 e. The largest absolute Gasteiger partial charge is 0.486 e. The number of benzene rings is 2. The summed E-state index contributed by atoms with van der Waals surface area (Å²) in [6.07, 6.45) is 6.35. The van der Waals surface area contributed by atoms with E-state index in [9.17, 15) is 4.79 Å². The molecule has 0 saturated carbocycles. The minimum Gasteiger partial charge on any atom is -0.486 e. The molecule has 2 aliphatic rings. The molecule has 3 aromatic rings. The van der Waals surface area contributed by atoms with Gasteiger partial charge in [0.2, 0.25) is 0 Å². The molecule has 1 atom stereocenters. The van der Waals surface area contributed by atoms with Crippen molar-refractivity contribution in [1.29, 1.82) is 0 Å². The van der Waals surface area contributed by atoms with Crippen molar-refractivity contribution < 1.29 is 9.53 Å². The van der Waals surface area contributed by atoms with Gasteiger partial charge in [-0.25, -0.2) is 4.68 Å². The lowest BCUT2D eigenvalue weighted by Crippen LogP contribution is -2.41. The zero-order valence-electron chi connectivity index (χ0n) is 16.3. The molecule has 3 heterocycles. The van der Waals surface area contributed by atoms with Crippen molar-refractivity contribution in [1.82, 2.24) is 14.7 Å². The third-order valence-electron chi connectivity index (χ3n) is 5.85. The SMILES string of the molecule is Cc1c(Cc2ccc(-n3cccn3)cc2)cc2c(c1Cl)O[C@H]1CCCN(C1)C2=O. The van der Waals surface area contributed by atoms with Crippen LogP contribution in [0.15, 0.2) is 48.8 Å². The van der Waals surface area contributed by atoms with Crippen LogP contribution in [0.4, 0.5) is 0 Å². The molecule has 6 heteroatoms. The molecule has 5 nitrogen and oxygen atoms in total. The minimum atomic E-state index is 0.0272. The molecule has 1 aromatic heterocycles. The Morgan fingerprint density at radius 1 is 1.28 bits per heavy atom. The van der Waals surface area contributed by atoms with Crippen LogP contribution in [-0.2, 0) is 6.42 Å². The summed E-state index contributed by atoms with van der Waals surface area (Å²) in [6, 6.07) is 12.1. The monoisotopic (exact) mass is 407 g/mol. The number of hydrogen-bond acceptors (Lipinski definition) is 3. The van der Waals surface area contributed by atoms with Crippen molar-refractivity contribution in [3.05, 3.63) is 76.1 Å². The van der Waals surface area contributed by atoms with Gasteiger partial charge in [-0.15, -0.1) is 0 Å². The number of aromatic nitrogens is 2. The molecule has 0 N–H and O–H groups in total. The van der Waals surface area contributed by atoms with Gasteiger partial charge in [0.25, 0.3) is 5.91 Å². The van der Waals surface area contributed by atoms with Crippen molar-refractivity contribution in [2.24, 2.45) is 0 Å². The fourth-order valence-electron chi connectivity index (χ4n) is 4.20. The Labute approximate surface area is 174 Å². The Kier molecular flexibility index (Phi) is 4.55.